The molecule has 1 unspecified atom stereocenters. The van der Waals surface area contributed by atoms with Gasteiger partial charge in [0.15, 0.2) is 0 Å². The second kappa shape index (κ2) is 5.63. The van der Waals surface area contributed by atoms with Gasteiger partial charge in [-0.15, -0.1) is 0 Å². The van der Waals surface area contributed by atoms with Crippen molar-refractivity contribution in [2.24, 2.45) is 0 Å². The van der Waals surface area contributed by atoms with E-state index in [0.717, 1.165) is 0 Å². The number of hydrogen-bond donors (Lipinski definition) is 3. The first kappa shape index (κ1) is 15.7. The molecule has 0 aromatic carbocycles. The Morgan fingerprint density at radius 2 is 2.10 bits per heavy atom. The number of aromatic nitrogens is 2. The van der Waals surface area contributed by atoms with Crippen LogP contribution >= 0.6 is 0 Å². The number of aliphatic hydroxyl groups excluding tert-OH is 2. The van der Waals surface area contributed by atoms with E-state index in [1.54, 1.807) is 6.20 Å². The molecule has 2 heterocycles. The number of aliphatic hydroxyl groups is 2. The minimum absolute atomic E-state index is 0.219. The van der Waals surface area contributed by atoms with Gasteiger partial charge in [0.2, 0.25) is 0 Å². The van der Waals surface area contributed by atoms with Crippen LogP contribution < -0.4 is 14.8 Å². The van der Waals surface area contributed by atoms with Crippen molar-refractivity contribution in [3.8, 4) is 0 Å². The number of ether oxygens (including phenoxy) is 1. The fraction of sp³-hybridized carbons (Fsp3) is 0.667. The quantitative estimate of drug-likeness (QED) is 0.558. The number of aromatic amines is 1. The third kappa shape index (κ3) is 3.00. The predicted octanol–water partition coefficient (Wildman–Crippen LogP) is -1.28. The summed E-state index contributed by atoms with van der Waals surface area (Å²) >= 11 is -2.65. The Labute approximate surface area is 120 Å². The van der Waals surface area contributed by atoms with E-state index in [0.29, 0.717) is 3.58 Å². The van der Waals surface area contributed by atoms with Crippen molar-refractivity contribution in [2.75, 3.05) is 6.61 Å². The summed E-state index contributed by atoms with van der Waals surface area (Å²) in [4.78, 5) is 32.4. The number of hydrogen-bond acceptors (Lipinski definition) is 5. The van der Waals surface area contributed by atoms with Gasteiger partial charge in [0.1, 0.15) is 0 Å². The molecular formula is C12H20N2O5Sn. The molecule has 1 aliphatic rings. The molecule has 1 aromatic heterocycles. The van der Waals surface area contributed by atoms with Crippen LogP contribution in [-0.4, -0.2) is 57.0 Å². The standard InChI is InChI=1S/C9H11N2O5.3CH3.Sn/c12-4-6-5(13)3-8(16-6)11-2-1-7(14)10-9(11)15;;;;/h2,5-6,8,12-13H,3-4H2,(H,10,14,15);3*1H3;/t5?,6-,8-;;;;/m0..../s1. The summed E-state index contributed by atoms with van der Waals surface area (Å²) in [5, 5.41) is 18.8. The first-order valence-corrected chi connectivity index (χ1v) is 16.5. The third-order valence-electron chi connectivity index (χ3n) is 3.47. The fourth-order valence-electron chi connectivity index (χ4n) is 2.28. The van der Waals surface area contributed by atoms with E-state index in [1.807, 2.05) is 0 Å². The molecule has 0 bridgehead atoms. The summed E-state index contributed by atoms with van der Waals surface area (Å²) in [7, 11) is 0. The van der Waals surface area contributed by atoms with Gasteiger partial charge in [-0.3, -0.25) is 0 Å². The van der Waals surface area contributed by atoms with Crippen molar-refractivity contribution in [1.29, 1.82) is 0 Å². The predicted molar refractivity (Wildman–Crippen MR) is 75.9 cm³/mol. The number of nitrogens with zero attached hydrogens (tertiary/aromatic N) is 1. The van der Waals surface area contributed by atoms with Crippen LogP contribution in [0.1, 0.15) is 12.6 Å². The average molecular weight is 391 g/mol. The third-order valence-corrected chi connectivity index (χ3v) is 9.10. The van der Waals surface area contributed by atoms with Crippen LogP contribution in [0.15, 0.2) is 15.8 Å². The first-order chi connectivity index (χ1) is 9.24. The van der Waals surface area contributed by atoms with Gasteiger partial charge in [-0.1, -0.05) is 0 Å². The van der Waals surface area contributed by atoms with Crippen molar-refractivity contribution < 1.29 is 14.9 Å². The van der Waals surface area contributed by atoms with Crippen LogP contribution in [-0.2, 0) is 4.74 Å². The van der Waals surface area contributed by atoms with Gasteiger partial charge in [0.25, 0.3) is 0 Å². The van der Waals surface area contributed by atoms with Gasteiger partial charge in [-0.2, -0.15) is 0 Å². The fourth-order valence-corrected chi connectivity index (χ4v) is 5.91. The molecule has 3 atom stereocenters. The zero-order valence-electron chi connectivity index (χ0n) is 11.8. The molecule has 1 saturated heterocycles. The number of H-pyrrole nitrogens is 1. The van der Waals surface area contributed by atoms with Gasteiger partial charge in [0.05, 0.1) is 0 Å². The van der Waals surface area contributed by atoms with Gasteiger partial charge in [-0.25, -0.2) is 0 Å². The molecule has 1 fully saturated rings. The summed E-state index contributed by atoms with van der Waals surface area (Å²) in [6.07, 6.45) is -0.380. The molecule has 0 saturated carbocycles. The molecule has 0 aliphatic carbocycles. The van der Waals surface area contributed by atoms with E-state index in [2.05, 4.69) is 19.8 Å². The Bertz CT molecular complexity index is 603. The van der Waals surface area contributed by atoms with Crippen molar-refractivity contribution in [1.82, 2.24) is 9.55 Å². The van der Waals surface area contributed by atoms with E-state index in [4.69, 9.17) is 9.84 Å². The zero-order chi connectivity index (χ0) is 15.1. The first-order valence-electron chi connectivity index (χ1n) is 6.54. The molecule has 1 aromatic rings. The molecular weight excluding hydrogens is 371 g/mol. The molecule has 7 nitrogen and oxygen atoms in total. The molecule has 0 spiro atoms. The minimum atomic E-state index is -2.65. The Morgan fingerprint density at radius 3 is 2.60 bits per heavy atom. The monoisotopic (exact) mass is 392 g/mol. The maximum atomic E-state index is 11.9. The van der Waals surface area contributed by atoms with E-state index < -0.39 is 42.5 Å². The Kier molecular flexibility index (Phi) is 4.43. The summed E-state index contributed by atoms with van der Waals surface area (Å²) in [6.45, 7) is -0.304. The molecule has 8 heteroatoms. The Balaban J connectivity index is 2.43. The van der Waals surface area contributed by atoms with Crippen molar-refractivity contribution in [3.63, 3.8) is 0 Å². The second-order valence-electron chi connectivity index (χ2n) is 6.07. The van der Waals surface area contributed by atoms with Crippen LogP contribution in [0, 0.1) is 0 Å². The molecule has 3 N–H and O–H groups in total. The van der Waals surface area contributed by atoms with E-state index in [-0.39, 0.29) is 18.6 Å². The zero-order valence-corrected chi connectivity index (χ0v) is 14.6. The SMILES string of the molecule is [CH3][Sn]([CH3])([CH3])[c]1cn([C@@H]2CC(O)[C@H](CO)O2)c(=O)[nH]c1=O. The van der Waals surface area contributed by atoms with Crippen LogP contribution in [0.5, 0.6) is 0 Å². The van der Waals surface area contributed by atoms with Gasteiger partial charge in [-0.05, 0) is 0 Å². The molecule has 20 heavy (non-hydrogen) atoms. The number of nitrogens with one attached hydrogen (secondary N) is 1. The summed E-state index contributed by atoms with van der Waals surface area (Å²) < 4.78 is 7.45. The van der Waals surface area contributed by atoms with Crippen LogP contribution in [0.25, 0.3) is 0 Å². The Hall–Kier alpha value is -0.641. The molecule has 2 rings (SSSR count). The molecule has 1 aliphatic heterocycles. The van der Waals surface area contributed by atoms with Crippen molar-refractivity contribution >= 4 is 22.0 Å². The van der Waals surface area contributed by atoms with Gasteiger partial charge < -0.3 is 0 Å². The summed E-state index contributed by atoms with van der Waals surface area (Å²) in [5.41, 5.74) is -0.878. The van der Waals surface area contributed by atoms with E-state index >= 15 is 0 Å². The molecule has 0 amide bonds. The maximum absolute atomic E-state index is 11.9. The summed E-state index contributed by atoms with van der Waals surface area (Å²) in [5.74, 6) is 0. The van der Waals surface area contributed by atoms with Gasteiger partial charge in [0, 0.05) is 0 Å². The Morgan fingerprint density at radius 1 is 1.45 bits per heavy atom. The molecule has 0 radical (unpaired) electrons. The number of rotatable bonds is 3. The topological polar surface area (TPSA) is 105 Å². The average Bonchev–Trinajstić information content (AvgIpc) is 2.68. The van der Waals surface area contributed by atoms with Crippen LogP contribution in [0.4, 0.5) is 0 Å². The molecule has 112 valence electrons. The van der Waals surface area contributed by atoms with E-state index in [1.165, 1.54) is 4.57 Å². The second-order valence-corrected chi connectivity index (χ2v) is 20.5. The van der Waals surface area contributed by atoms with Crippen LogP contribution in [0.2, 0.25) is 14.8 Å². The van der Waals surface area contributed by atoms with E-state index in [9.17, 15) is 14.7 Å². The van der Waals surface area contributed by atoms with Crippen LogP contribution in [0.3, 0.4) is 0 Å². The normalized spacial score (nSPS) is 26.9. The summed E-state index contributed by atoms with van der Waals surface area (Å²) in [6, 6.07) is 0. The van der Waals surface area contributed by atoms with Crippen molar-refractivity contribution in [2.45, 2.75) is 39.7 Å². The van der Waals surface area contributed by atoms with Crippen molar-refractivity contribution in [3.05, 3.63) is 27.0 Å². The van der Waals surface area contributed by atoms with Gasteiger partial charge >= 0.3 is 120 Å².